The zero-order chi connectivity index (χ0) is 18.3. The van der Waals surface area contributed by atoms with E-state index in [0.29, 0.717) is 18.8 Å². The van der Waals surface area contributed by atoms with Crippen LogP contribution in [0.2, 0.25) is 0 Å². The first-order chi connectivity index (χ1) is 11.9. The van der Waals surface area contributed by atoms with E-state index in [9.17, 15) is 13.2 Å². The van der Waals surface area contributed by atoms with E-state index < -0.39 is 10.2 Å². The molecule has 1 aromatic rings. The molecule has 2 amide bonds. The van der Waals surface area contributed by atoms with E-state index in [1.807, 2.05) is 13.8 Å². The highest BCUT2D eigenvalue weighted by Crippen LogP contribution is 2.14. The van der Waals surface area contributed by atoms with Gasteiger partial charge in [0.1, 0.15) is 0 Å². The summed E-state index contributed by atoms with van der Waals surface area (Å²) in [6.07, 6.45) is 4.01. The second-order valence-corrected chi connectivity index (χ2v) is 8.34. The van der Waals surface area contributed by atoms with Gasteiger partial charge in [-0.3, -0.25) is 0 Å². The van der Waals surface area contributed by atoms with Crippen molar-refractivity contribution in [2.45, 2.75) is 52.1 Å². The van der Waals surface area contributed by atoms with Crippen molar-refractivity contribution in [1.82, 2.24) is 14.3 Å². The largest absolute Gasteiger partial charge is 0.336 e. The summed E-state index contributed by atoms with van der Waals surface area (Å²) in [5.74, 6) is 0. The predicted octanol–water partition coefficient (Wildman–Crippen LogP) is 2.43. The lowest BCUT2D eigenvalue weighted by molar-refractivity contribution is 0.250. The Morgan fingerprint density at radius 2 is 1.68 bits per heavy atom. The van der Waals surface area contributed by atoms with Gasteiger partial charge < -0.3 is 10.6 Å². The van der Waals surface area contributed by atoms with Crippen LogP contribution in [0, 0.1) is 0 Å². The molecular weight excluding hydrogens is 340 g/mol. The van der Waals surface area contributed by atoms with Gasteiger partial charge in [0.25, 0.3) is 10.2 Å². The number of hydrogen-bond acceptors (Lipinski definition) is 3. The number of urea groups is 1. The van der Waals surface area contributed by atoms with E-state index in [2.05, 4.69) is 15.4 Å². The van der Waals surface area contributed by atoms with Gasteiger partial charge in [-0.1, -0.05) is 25.0 Å². The van der Waals surface area contributed by atoms with Crippen molar-refractivity contribution in [1.29, 1.82) is 0 Å². The Labute approximate surface area is 150 Å². The van der Waals surface area contributed by atoms with Gasteiger partial charge in [0.15, 0.2) is 0 Å². The molecule has 0 aromatic heterocycles. The van der Waals surface area contributed by atoms with Crippen LogP contribution >= 0.6 is 0 Å². The molecule has 3 N–H and O–H groups in total. The van der Waals surface area contributed by atoms with Crippen LogP contribution in [0.3, 0.4) is 0 Å². The number of amides is 2. The molecule has 0 radical (unpaired) electrons. The predicted molar refractivity (Wildman–Crippen MR) is 99.5 cm³/mol. The lowest BCUT2D eigenvalue weighted by atomic mass is 10.2. The summed E-state index contributed by atoms with van der Waals surface area (Å²) in [6.45, 7) is 5.18. The summed E-state index contributed by atoms with van der Waals surface area (Å²) in [5, 5.41) is 5.48. The topological polar surface area (TPSA) is 90.5 Å². The molecule has 7 nitrogen and oxygen atoms in total. The lowest BCUT2D eigenvalue weighted by Crippen LogP contribution is -2.40. The maximum atomic E-state index is 12.4. The van der Waals surface area contributed by atoms with Crippen LogP contribution < -0.4 is 15.4 Å². The second kappa shape index (κ2) is 9.17. The molecule has 25 heavy (non-hydrogen) atoms. The number of nitrogens with zero attached hydrogens (tertiary/aromatic N) is 1. The highest BCUT2D eigenvalue weighted by molar-refractivity contribution is 7.87. The van der Waals surface area contributed by atoms with E-state index >= 15 is 0 Å². The molecule has 0 bridgehead atoms. The van der Waals surface area contributed by atoms with E-state index in [4.69, 9.17) is 0 Å². The standard InChI is InChI=1S/C17H28N4O3S/c1-14(2)19-17(22)20-16-9-7-15(8-10-16)13-18-25(23,24)21-11-5-3-4-6-12-21/h7-10,14,18H,3-6,11-13H2,1-2H3,(H2,19,20,22). The van der Waals surface area contributed by atoms with Crippen molar-refractivity contribution < 1.29 is 13.2 Å². The average Bonchev–Trinajstić information content (AvgIpc) is 2.83. The molecule has 140 valence electrons. The minimum atomic E-state index is -3.44. The van der Waals surface area contributed by atoms with Crippen LogP contribution in [-0.4, -0.2) is 37.9 Å². The number of carbonyl (C=O) groups is 1. The summed E-state index contributed by atoms with van der Waals surface area (Å²) >= 11 is 0. The fraction of sp³-hybridized carbons (Fsp3) is 0.588. The Hall–Kier alpha value is -1.64. The molecule has 0 spiro atoms. The molecule has 0 atom stereocenters. The first-order valence-electron chi connectivity index (χ1n) is 8.78. The zero-order valence-corrected chi connectivity index (χ0v) is 15.7. The van der Waals surface area contributed by atoms with Crippen LogP contribution in [0.5, 0.6) is 0 Å². The van der Waals surface area contributed by atoms with Crippen LogP contribution in [0.1, 0.15) is 45.1 Å². The Balaban J connectivity index is 1.87. The molecule has 1 saturated heterocycles. The summed E-state index contributed by atoms with van der Waals surface area (Å²) in [7, 11) is -3.44. The fourth-order valence-electron chi connectivity index (χ4n) is 2.68. The van der Waals surface area contributed by atoms with Crippen molar-refractivity contribution in [3.05, 3.63) is 29.8 Å². The number of nitrogens with one attached hydrogen (secondary N) is 3. The van der Waals surface area contributed by atoms with Crippen molar-refractivity contribution >= 4 is 21.9 Å². The van der Waals surface area contributed by atoms with Crippen LogP contribution in [-0.2, 0) is 16.8 Å². The number of anilines is 1. The monoisotopic (exact) mass is 368 g/mol. The third-order valence-corrected chi connectivity index (χ3v) is 5.55. The molecule has 1 heterocycles. The van der Waals surface area contributed by atoms with Crippen molar-refractivity contribution in [2.75, 3.05) is 18.4 Å². The zero-order valence-electron chi connectivity index (χ0n) is 14.9. The molecule has 1 aromatic carbocycles. The molecule has 0 unspecified atom stereocenters. The molecule has 1 fully saturated rings. The van der Waals surface area contributed by atoms with Crippen molar-refractivity contribution in [3.63, 3.8) is 0 Å². The van der Waals surface area contributed by atoms with Gasteiger partial charge in [-0.15, -0.1) is 0 Å². The molecule has 0 aliphatic carbocycles. The van der Waals surface area contributed by atoms with Gasteiger partial charge in [-0.05, 0) is 44.4 Å². The Morgan fingerprint density at radius 3 is 2.24 bits per heavy atom. The maximum absolute atomic E-state index is 12.4. The van der Waals surface area contributed by atoms with E-state index in [-0.39, 0.29) is 18.6 Å². The summed E-state index contributed by atoms with van der Waals surface area (Å²) in [4.78, 5) is 11.6. The number of rotatable bonds is 6. The number of hydrogen-bond donors (Lipinski definition) is 3. The van der Waals surface area contributed by atoms with Crippen LogP contribution in [0.25, 0.3) is 0 Å². The minimum Gasteiger partial charge on any atom is -0.336 e. The van der Waals surface area contributed by atoms with Crippen molar-refractivity contribution in [3.8, 4) is 0 Å². The highest BCUT2D eigenvalue weighted by atomic mass is 32.2. The van der Waals surface area contributed by atoms with Crippen LogP contribution in [0.15, 0.2) is 24.3 Å². The third kappa shape index (κ3) is 6.64. The molecule has 1 aliphatic rings. The Kier molecular flexibility index (Phi) is 7.22. The normalized spacial score (nSPS) is 16.4. The minimum absolute atomic E-state index is 0.0627. The van der Waals surface area contributed by atoms with Gasteiger partial charge in [0.05, 0.1) is 0 Å². The highest BCUT2D eigenvalue weighted by Gasteiger charge is 2.22. The second-order valence-electron chi connectivity index (χ2n) is 6.59. The average molecular weight is 369 g/mol. The van der Waals surface area contributed by atoms with Gasteiger partial charge in [0, 0.05) is 31.4 Å². The Bertz CT molecular complexity index is 651. The third-order valence-electron chi connectivity index (χ3n) is 4.00. The summed E-state index contributed by atoms with van der Waals surface area (Å²) < 4.78 is 28.9. The van der Waals surface area contributed by atoms with E-state index in [1.165, 1.54) is 4.31 Å². The quantitative estimate of drug-likeness (QED) is 0.720. The maximum Gasteiger partial charge on any atom is 0.319 e. The molecule has 2 rings (SSSR count). The smallest absolute Gasteiger partial charge is 0.319 e. The Morgan fingerprint density at radius 1 is 1.08 bits per heavy atom. The first-order valence-corrected chi connectivity index (χ1v) is 10.2. The molecule has 0 saturated carbocycles. The van der Waals surface area contributed by atoms with E-state index in [0.717, 1.165) is 31.2 Å². The van der Waals surface area contributed by atoms with E-state index in [1.54, 1.807) is 24.3 Å². The van der Waals surface area contributed by atoms with Gasteiger partial charge in [0.2, 0.25) is 0 Å². The van der Waals surface area contributed by atoms with Crippen molar-refractivity contribution in [2.24, 2.45) is 0 Å². The number of benzene rings is 1. The number of carbonyl (C=O) groups excluding carboxylic acids is 1. The first kappa shape index (κ1) is 19.7. The van der Waals surface area contributed by atoms with Crippen LogP contribution in [0.4, 0.5) is 10.5 Å². The van der Waals surface area contributed by atoms with Gasteiger partial charge in [-0.25, -0.2) is 4.79 Å². The SMILES string of the molecule is CC(C)NC(=O)Nc1ccc(CNS(=O)(=O)N2CCCCCC2)cc1. The lowest BCUT2D eigenvalue weighted by Gasteiger charge is -2.20. The summed E-state index contributed by atoms with van der Waals surface area (Å²) in [6, 6.07) is 6.92. The summed E-state index contributed by atoms with van der Waals surface area (Å²) in [5.41, 5.74) is 1.51. The van der Waals surface area contributed by atoms with Gasteiger partial charge in [-0.2, -0.15) is 17.4 Å². The fourth-order valence-corrected chi connectivity index (χ4v) is 3.95. The molecule has 1 aliphatic heterocycles. The molecular formula is C17H28N4O3S. The molecule has 8 heteroatoms. The van der Waals surface area contributed by atoms with Gasteiger partial charge >= 0.3 is 6.03 Å².